The third-order valence-electron chi connectivity index (χ3n) is 10.8. The second-order valence-corrected chi connectivity index (χ2v) is 17.0. The molecule has 4 aliphatic heterocycles. The van der Waals surface area contributed by atoms with Crippen LogP contribution in [0.2, 0.25) is 5.02 Å². The molecule has 0 aromatic heterocycles. The van der Waals surface area contributed by atoms with Gasteiger partial charge in [0.15, 0.2) is 12.6 Å². The number of morpholine rings is 1. The van der Waals surface area contributed by atoms with E-state index in [1.54, 1.807) is 31.2 Å². The molecule has 1 aromatic rings. The Bertz CT molecular complexity index is 1620. The van der Waals surface area contributed by atoms with Gasteiger partial charge in [-0.3, -0.25) is 14.6 Å². The zero-order chi connectivity index (χ0) is 42.5. The number of amidine groups is 1. The van der Waals surface area contributed by atoms with Crippen LogP contribution in [0.4, 0.5) is 0 Å². The van der Waals surface area contributed by atoms with Crippen LogP contribution in [0.1, 0.15) is 25.3 Å². The fraction of sp³-hybridized carbons (Fsp3) is 0.743. The molecule has 0 amide bonds. The molecule has 58 heavy (non-hydrogen) atoms. The third kappa shape index (κ3) is 10.9. The van der Waals surface area contributed by atoms with Crippen LogP contribution in [-0.2, 0) is 33.7 Å². The number of nitrogens with two attached hydrogens (primary N) is 4. The van der Waals surface area contributed by atoms with Crippen molar-refractivity contribution in [3.63, 3.8) is 0 Å². The predicted octanol–water partition coefficient (Wildman–Crippen LogP) is -5.17. The minimum Gasteiger partial charge on any atom is -0.394 e. The van der Waals surface area contributed by atoms with Gasteiger partial charge in [0.25, 0.3) is 10.0 Å². The van der Waals surface area contributed by atoms with E-state index in [9.17, 15) is 44.2 Å². The standard InChI is InChI=1S/C18H36N4O11.C17H22ClN3O3S/c19-2-6-10(25)12(27)13(28)18(30-6)33-16-5(21)1-4(20)15(14(16)29)32-17-11(26)8(22)9(24)7(3-23)31-17;1-13-16(14-4-2-5-15(18)12-14)25(22,23)20-17(13)19-6-3-7-21-8-10-24-11-9-21/h4-18,23-29H,1-3,19-22H2;2,4-5,12H,3,6-11H2,1H3,(H,19,20)/t4-,5+,6-,7-,8+,9-,10-,11-,12+,13-,14-,15+,16-,17-,18-;/m1./s1. The Morgan fingerprint density at radius 1 is 0.897 bits per heavy atom. The molecule has 5 aliphatic rings. The van der Waals surface area contributed by atoms with E-state index >= 15 is 0 Å². The smallest absolute Gasteiger partial charge is 0.264 e. The number of sulfonamides is 1. The van der Waals surface area contributed by atoms with Crippen molar-refractivity contribution in [2.45, 2.75) is 112 Å². The van der Waals surface area contributed by atoms with Crippen LogP contribution in [-0.4, -0.2) is 199 Å². The summed E-state index contributed by atoms with van der Waals surface area (Å²) >= 11 is 6.00. The topological polar surface area (TPSA) is 354 Å². The largest absolute Gasteiger partial charge is 0.394 e. The molecule has 23 heteroatoms. The van der Waals surface area contributed by atoms with E-state index in [-0.39, 0.29) is 17.9 Å². The lowest BCUT2D eigenvalue weighted by Crippen LogP contribution is -2.68. The van der Waals surface area contributed by atoms with Gasteiger partial charge in [-0.25, -0.2) is 8.42 Å². The van der Waals surface area contributed by atoms with Crippen molar-refractivity contribution in [2.75, 3.05) is 52.5 Å². The number of aliphatic imine (C=N–C) groups is 1. The van der Waals surface area contributed by atoms with E-state index < -0.39 is 108 Å². The van der Waals surface area contributed by atoms with Crippen molar-refractivity contribution in [3.05, 3.63) is 40.4 Å². The second kappa shape index (κ2) is 20.7. The van der Waals surface area contributed by atoms with E-state index in [1.807, 2.05) is 0 Å². The molecular weight excluding hydrogens is 810 g/mol. The van der Waals surface area contributed by atoms with Crippen molar-refractivity contribution in [1.82, 2.24) is 9.62 Å². The number of nitrogens with one attached hydrogen (secondary N) is 1. The Labute approximate surface area is 341 Å². The molecule has 1 aliphatic carbocycles. The summed E-state index contributed by atoms with van der Waals surface area (Å²) in [5.41, 5.74) is 24.7. The van der Waals surface area contributed by atoms with Gasteiger partial charge in [0.2, 0.25) is 0 Å². The zero-order valence-electron chi connectivity index (χ0n) is 32.0. The predicted molar refractivity (Wildman–Crippen MR) is 208 cm³/mol. The number of nitrogens with zero attached hydrogens (tertiary/aromatic N) is 2. The van der Waals surface area contributed by atoms with Crippen LogP contribution < -0.4 is 27.7 Å². The van der Waals surface area contributed by atoms with Gasteiger partial charge in [0.1, 0.15) is 71.8 Å². The zero-order valence-corrected chi connectivity index (χ0v) is 33.6. The third-order valence-corrected chi connectivity index (χ3v) is 12.5. The first kappa shape index (κ1) is 47.0. The monoisotopic (exact) mass is 867 g/mol. The summed E-state index contributed by atoms with van der Waals surface area (Å²) in [5.74, 6) is 0.428. The highest BCUT2D eigenvalue weighted by atomic mass is 35.5. The summed E-state index contributed by atoms with van der Waals surface area (Å²) < 4.78 is 55.0. The minimum atomic E-state index is -3.60. The Morgan fingerprint density at radius 2 is 1.52 bits per heavy atom. The van der Waals surface area contributed by atoms with Crippen LogP contribution in [0.3, 0.4) is 0 Å². The van der Waals surface area contributed by atoms with Crippen molar-refractivity contribution in [2.24, 2.45) is 27.9 Å². The first-order valence-corrected chi connectivity index (χ1v) is 21.0. The number of rotatable bonds is 11. The summed E-state index contributed by atoms with van der Waals surface area (Å²) in [6.45, 7) is 5.97. The van der Waals surface area contributed by atoms with Crippen LogP contribution in [0, 0.1) is 0 Å². The summed E-state index contributed by atoms with van der Waals surface area (Å²) in [6.07, 6.45) is -15.6. The van der Waals surface area contributed by atoms with Gasteiger partial charge in [0, 0.05) is 55.4 Å². The molecule has 15 atom stereocenters. The molecule has 21 nitrogen and oxygen atoms in total. The SMILES string of the molecule is CC1=C(c2cccc(Cl)c2)S(=O)(=O)NC1=NCCCN1CCOCC1.NC[C@H]1O[C@H](O[C@H]2[C@H](O)[C@@H](O[C@H]3O[C@H](CO)[C@@H](O)[C@H](N)[C@H]3O)[C@H](N)C[C@@H]2N)[C@H](O)[C@@H](O)[C@@H]1O. The molecule has 0 unspecified atom stereocenters. The summed E-state index contributed by atoms with van der Waals surface area (Å²) in [7, 11) is -3.60. The maximum Gasteiger partial charge on any atom is 0.264 e. The molecule has 330 valence electrons. The average molecular weight is 868 g/mol. The average Bonchev–Trinajstić information content (AvgIpc) is 3.43. The molecule has 1 saturated carbocycles. The number of ether oxygens (including phenoxy) is 5. The quantitative estimate of drug-likeness (QED) is 0.0925. The first-order valence-electron chi connectivity index (χ1n) is 19.1. The Morgan fingerprint density at radius 3 is 2.12 bits per heavy atom. The summed E-state index contributed by atoms with van der Waals surface area (Å²) in [5, 5.41) is 71.4. The van der Waals surface area contributed by atoms with Crippen LogP contribution >= 0.6 is 11.6 Å². The molecular formula is C35H58ClN7O14S. The lowest BCUT2D eigenvalue weighted by Gasteiger charge is -2.48. The van der Waals surface area contributed by atoms with Crippen molar-refractivity contribution in [1.29, 1.82) is 0 Å². The molecule has 4 heterocycles. The van der Waals surface area contributed by atoms with E-state index in [2.05, 4.69) is 14.6 Å². The lowest BCUT2D eigenvalue weighted by atomic mass is 9.84. The number of hydrogen-bond donors (Lipinski definition) is 12. The molecule has 0 bridgehead atoms. The molecule has 4 fully saturated rings. The minimum absolute atomic E-state index is 0.0849. The molecule has 1 aromatic carbocycles. The Kier molecular flexibility index (Phi) is 16.8. The fourth-order valence-corrected chi connectivity index (χ4v) is 9.13. The second-order valence-electron chi connectivity index (χ2n) is 14.9. The maximum absolute atomic E-state index is 12.5. The van der Waals surface area contributed by atoms with Gasteiger partial charge in [-0.2, -0.15) is 0 Å². The van der Waals surface area contributed by atoms with Crippen molar-refractivity contribution >= 4 is 32.4 Å². The van der Waals surface area contributed by atoms with Gasteiger partial charge in [-0.05, 0) is 37.5 Å². The van der Waals surface area contributed by atoms with E-state index in [0.717, 1.165) is 39.3 Å². The summed E-state index contributed by atoms with van der Waals surface area (Å²) in [4.78, 5) is 7.05. The molecule has 6 rings (SSSR count). The molecule has 0 radical (unpaired) electrons. The Hall–Kier alpha value is -2.01. The maximum atomic E-state index is 12.5. The van der Waals surface area contributed by atoms with Gasteiger partial charge in [0.05, 0.1) is 25.9 Å². The Balaban J connectivity index is 0.000000229. The lowest BCUT2D eigenvalue weighted by molar-refractivity contribution is -0.332. The normalized spacial score (nSPS) is 40.2. The summed E-state index contributed by atoms with van der Waals surface area (Å²) in [6, 6.07) is 3.99. The molecule has 3 saturated heterocycles. The van der Waals surface area contributed by atoms with Gasteiger partial charge in [-0.15, -0.1) is 0 Å². The van der Waals surface area contributed by atoms with E-state index in [4.69, 9.17) is 58.2 Å². The van der Waals surface area contributed by atoms with Crippen LogP contribution in [0.5, 0.6) is 0 Å². The molecule has 0 spiro atoms. The van der Waals surface area contributed by atoms with Gasteiger partial charge >= 0.3 is 0 Å². The number of halogens is 1. The first-order chi connectivity index (χ1) is 27.5. The highest BCUT2D eigenvalue weighted by molar-refractivity contribution is 8.00. The number of hydrogen-bond acceptors (Lipinski definition) is 20. The molecule has 16 N–H and O–H groups in total. The van der Waals surface area contributed by atoms with Crippen molar-refractivity contribution < 1.29 is 67.8 Å². The number of benzene rings is 1. The van der Waals surface area contributed by atoms with E-state index in [1.165, 1.54) is 0 Å². The number of aliphatic hydroxyl groups is 7. The highest BCUT2D eigenvalue weighted by Crippen LogP contribution is 2.33. The van der Waals surface area contributed by atoms with Gasteiger partial charge in [-0.1, -0.05) is 23.7 Å². The van der Waals surface area contributed by atoms with Crippen LogP contribution in [0.15, 0.2) is 34.8 Å². The highest BCUT2D eigenvalue weighted by Gasteiger charge is 2.51. The fourth-order valence-electron chi connectivity index (χ4n) is 7.43. The van der Waals surface area contributed by atoms with E-state index in [0.29, 0.717) is 28.5 Å². The number of aliphatic hydroxyl groups excluding tert-OH is 7. The van der Waals surface area contributed by atoms with Gasteiger partial charge < -0.3 is 82.4 Å². The van der Waals surface area contributed by atoms with Crippen LogP contribution in [0.25, 0.3) is 4.91 Å². The van der Waals surface area contributed by atoms with Crippen molar-refractivity contribution in [3.8, 4) is 0 Å².